The first-order valence-corrected chi connectivity index (χ1v) is 8.55. The summed E-state index contributed by atoms with van der Waals surface area (Å²) in [7, 11) is 0. The van der Waals surface area contributed by atoms with Gasteiger partial charge in [-0.05, 0) is 48.7 Å². The number of thioether (sulfide) groups is 1. The molecule has 2 nitrogen and oxygen atoms in total. The standard InChI is InChI=1S/C18H24N2S/c1-15(2)13-19-14-16-6-5-8-18(12-16)21-11-9-17-7-3-4-10-20-17/h3-8,10,12,15,19H,9,11,13-14H2,1-2H3. The Morgan fingerprint density at radius 2 is 2.05 bits per heavy atom. The van der Waals surface area contributed by atoms with Gasteiger partial charge in [-0.25, -0.2) is 0 Å². The van der Waals surface area contributed by atoms with Crippen LogP contribution in [0.1, 0.15) is 25.1 Å². The first-order valence-electron chi connectivity index (χ1n) is 7.56. The Bertz CT molecular complexity index is 526. The highest BCUT2D eigenvalue weighted by Crippen LogP contribution is 2.20. The second-order valence-electron chi connectivity index (χ2n) is 5.59. The number of nitrogens with zero attached hydrogens (tertiary/aromatic N) is 1. The minimum absolute atomic E-state index is 0.695. The predicted octanol–water partition coefficient (Wildman–Crippen LogP) is 4.16. The highest BCUT2D eigenvalue weighted by molar-refractivity contribution is 7.99. The molecule has 2 aromatic rings. The summed E-state index contributed by atoms with van der Waals surface area (Å²) >= 11 is 1.90. The molecule has 0 aliphatic carbocycles. The van der Waals surface area contributed by atoms with Crippen LogP contribution in [0, 0.1) is 5.92 Å². The summed E-state index contributed by atoms with van der Waals surface area (Å²) in [4.78, 5) is 5.70. The van der Waals surface area contributed by atoms with Crippen LogP contribution in [0.25, 0.3) is 0 Å². The third kappa shape index (κ3) is 6.32. The molecule has 112 valence electrons. The van der Waals surface area contributed by atoms with E-state index < -0.39 is 0 Å². The number of hydrogen-bond donors (Lipinski definition) is 1. The molecule has 0 amide bonds. The van der Waals surface area contributed by atoms with E-state index in [1.54, 1.807) is 0 Å². The number of benzene rings is 1. The van der Waals surface area contributed by atoms with Gasteiger partial charge in [0.2, 0.25) is 0 Å². The molecule has 1 aromatic heterocycles. The van der Waals surface area contributed by atoms with Crippen molar-refractivity contribution in [3.8, 4) is 0 Å². The molecule has 2 rings (SSSR count). The monoisotopic (exact) mass is 300 g/mol. The number of nitrogens with one attached hydrogen (secondary N) is 1. The van der Waals surface area contributed by atoms with Gasteiger partial charge in [0.25, 0.3) is 0 Å². The average molecular weight is 300 g/mol. The zero-order valence-corrected chi connectivity index (χ0v) is 13.7. The summed E-state index contributed by atoms with van der Waals surface area (Å²) < 4.78 is 0. The molecule has 1 aromatic carbocycles. The third-order valence-electron chi connectivity index (χ3n) is 3.13. The zero-order valence-electron chi connectivity index (χ0n) is 12.9. The smallest absolute Gasteiger partial charge is 0.0411 e. The van der Waals surface area contributed by atoms with Crippen LogP contribution in [0.3, 0.4) is 0 Å². The molecule has 0 atom stereocenters. The van der Waals surface area contributed by atoms with Gasteiger partial charge in [0.15, 0.2) is 0 Å². The molecule has 0 fully saturated rings. The summed E-state index contributed by atoms with van der Waals surface area (Å²) in [6.45, 7) is 6.48. The van der Waals surface area contributed by atoms with Crippen molar-refractivity contribution in [1.82, 2.24) is 10.3 Å². The Kier molecular flexibility index (Phi) is 6.77. The topological polar surface area (TPSA) is 24.9 Å². The van der Waals surface area contributed by atoms with Crippen LogP contribution in [-0.4, -0.2) is 17.3 Å². The van der Waals surface area contributed by atoms with E-state index in [1.807, 2.05) is 30.1 Å². The molecule has 0 radical (unpaired) electrons. The summed E-state index contributed by atoms with van der Waals surface area (Å²) in [5.41, 5.74) is 2.53. The van der Waals surface area contributed by atoms with Crippen LogP contribution >= 0.6 is 11.8 Å². The van der Waals surface area contributed by atoms with E-state index in [-0.39, 0.29) is 0 Å². The number of pyridine rings is 1. The van der Waals surface area contributed by atoms with E-state index in [0.29, 0.717) is 5.92 Å². The van der Waals surface area contributed by atoms with Gasteiger partial charge in [0.05, 0.1) is 0 Å². The Hall–Kier alpha value is -1.32. The number of hydrogen-bond acceptors (Lipinski definition) is 3. The van der Waals surface area contributed by atoms with Crippen molar-refractivity contribution < 1.29 is 0 Å². The second-order valence-corrected chi connectivity index (χ2v) is 6.76. The normalized spacial score (nSPS) is 11.0. The van der Waals surface area contributed by atoms with Gasteiger partial charge < -0.3 is 5.32 Å². The maximum Gasteiger partial charge on any atom is 0.0411 e. The molecular formula is C18H24N2S. The molecule has 0 unspecified atom stereocenters. The fraction of sp³-hybridized carbons (Fsp3) is 0.389. The van der Waals surface area contributed by atoms with Gasteiger partial charge in [0.1, 0.15) is 0 Å². The molecular weight excluding hydrogens is 276 g/mol. The van der Waals surface area contributed by atoms with Crippen molar-refractivity contribution in [3.63, 3.8) is 0 Å². The minimum Gasteiger partial charge on any atom is -0.312 e. The van der Waals surface area contributed by atoms with Gasteiger partial charge in [-0.1, -0.05) is 32.0 Å². The lowest BCUT2D eigenvalue weighted by molar-refractivity contribution is 0.552. The lowest BCUT2D eigenvalue weighted by Crippen LogP contribution is -2.18. The second kappa shape index (κ2) is 8.85. The maximum atomic E-state index is 4.36. The fourth-order valence-electron chi connectivity index (χ4n) is 2.07. The number of aryl methyl sites for hydroxylation is 1. The SMILES string of the molecule is CC(C)CNCc1cccc(SCCc2ccccn2)c1. The van der Waals surface area contributed by atoms with E-state index in [2.05, 4.69) is 54.5 Å². The molecule has 3 heteroatoms. The van der Waals surface area contributed by atoms with Gasteiger partial charge in [-0.3, -0.25) is 4.98 Å². The molecule has 0 aliphatic rings. The van der Waals surface area contributed by atoms with Gasteiger partial charge in [0, 0.05) is 29.1 Å². The van der Waals surface area contributed by atoms with E-state index in [0.717, 1.165) is 25.3 Å². The van der Waals surface area contributed by atoms with Crippen molar-refractivity contribution in [2.45, 2.75) is 31.7 Å². The third-order valence-corrected chi connectivity index (χ3v) is 4.13. The molecule has 1 N–H and O–H groups in total. The molecule has 0 spiro atoms. The van der Waals surface area contributed by atoms with E-state index in [4.69, 9.17) is 0 Å². The van der Waals surface area contributed by atoms with Crippen molar-refractivity contribution in [2.75, 3.05) is 12.3 Å². The first kappa shape index (κ1) is 16.1. The summed E-state index contributed by atoms with van der Waals surface area (Å²) in [5.74, 6) is 1.76. The Morgan fingerprint density at radius 3 is 2.81 bits per heavy atom. The summed E-state index contributed by atoms with van der Waals surface area (Å²) in [6, 6.07) is 14.9. The molecule has 0 saturated carbocycles. The van der Waals surface area contributed by atoms with Crippen molar-refractivity contribution >= 4 is 11.8 Å². The minimum atomic E-state index is 0.695. The Morgan fingerprint density at radius 1 is 1.14 bits per heavy atom. The fourth-order valence-corrected chi connectivity index (χ4v) is 3.03. The van der Waals surface area contributed by atoms with Crippen LogP contribution in [-0.2, 0) is 13.0 Å². The molecule has 0 aliphatic heterocycles. The van der Waals surface area contributed by atoms with Crippen LogP contribution in [0.2, 0.25) is 0 Å². The molecule has 21 heavy (non-hydrogen) atoms. The summed E-state index contributed by atoms with van der Waals surface area (Å²) in [5, 5.41) is 3.49. The van der Waals surface area contributed by atoms with Crippen molar-refractivity contribution in [2.24, 2.45) is 5.92 Å². The average Bonchev–Trinajstić information content (AvgIpc) is 2.48. The van der Waals surface area contributed by atoms with E-state index in [1.165, 1.54) is 16.2 Å². The van der Waals surface area contributed by atoms with Crippen molar-refractivity contribution in [1.29, 1.82) is 0 Å². The van der Waals surface area contributed by atoms with Crippen molar-refractivity contribution in [3.05, 3.63) is 59.9 Å². The summed E-state index contributed by atoms with van der Waals surface area (Å²) in [6.07, 6.45) is 2.88. The van der Waals surface area contributed by atoms with E-state index in [9.17, 15) is 0 Å². The lowest BCUT2D eigenvalue weighted by atomic mass is 10.2. The van der Waals surface area contributed by atoms with Gasteiger partial charge in [-0.2, -0.15) is 0 Å². The highest BCUT2D eigenvalue weighted by Gasteiger charge is 1.99. The highest BCUT2D eigenvalue weighted by atomic mass is 32.2. The maximum absolute atomic E-state index is 4.36. The quantitative estimate of drug-likeness (QED) is 0.741. The van der Waals surface area contributed by atoms with Gasteiger partial charge in [-0.15, -0.1) is 11.8 Å². The van der Waals surface area contributed by atoms with Crippen LogP contribution in [0.5, 0.6) is 0 Å². The molecule has 0 bridgehead atoms. The van der Waals surface area contributed by atoms with Crippen LogP contribution in [0.15, 0.2) is 53.6 Å². The zero-order chi connectivity index (χ0) is 14.9. The molecule has 0 saturated heterocycles. The number of aromatic nitrogens is 1. The Balaban J connectivity index is 1.78. The predicted molar refractivity (Wildman–Crippen MR) is 91.7 cm³/mol. The largest absolute Gasteiger partial charge is 0.312 e. The Labute approximate surface area is 132 Å². The van der Waals surface area contributed by atoms with Crippen LogP contribution in [0.4, 0.5) is 0 Å². The first-order chi connectivity index (χ1) is 10.2. The van der Waals surface area contributed by atoms with Gasteiger partial charge >= 0.3 is 0 Å². The van der Waals surface area contributed by atoms with Crippen LogP contribution < -0.4 is 5.32 Å². The molecule has 1 heterocycles. The lowest BCUT2D eigenvalue weighted by Gasteiger charge is -2.09. The number of rotatable bonds is 8. The van der Waals surface area contributed by atoms with E-state index >= 15 is 0 Å².